The first-order valence-electron chi connectivity index (χ1n) is 7.70. The van der Waals surface area contributed by atoms with Crippen LogP contribution in [0.15, 0.2) is 0 Å². The zero-order valence-electron chi connectivity index (χ0n) is 13.0. The van der Waals surface area contributed by atoms with E-state index in [1.807, 2.05) is 12.2 Å². The fourth-order valence-corrected chi connectivity index (χ4v) is 3.14. The number of imide groups is 1. The Hall–Kier alpha value is -1.77. The molecule has 2 fully saturated rings. The van der Waals surface area contributed by atoms with Gasteiger partial charge in [0.25, 0.3) is 11.8 Å². The summed E-state index contributed by atoms with van der Waals surface area (Å²) in [5.74, 6) is -4.51. The highest BCUT2D eigenvalue weighted by atomic mass is 19.3. The number of halogens is 2. The third-order valence-electron chi connectivity index (χ3n) is 4.65. The Labute approximate surface area is 132 Å². The number of nitrogens with one attached hydrogen (secondary N) is 2. The van der Waals surface area contributed by atoms with E-state index in [4.69, 9.17) is 5.73 Å². The molecule has 0 bridgehead atoms. The normalized spacial score (nSPS) is 28.2. The zero-order valence-corrected chi connectivity index (χ0v) is 13.0. The molecule has 130 valence electrons. The van der Waals surface area contributed by atoms with Crippen LogP contribution in [0, 0.1) is 5.92 Å². The van der Waals surface area contributed by atoms with Crippen LogP contribution in [0.3, 0.4) is 0 Å². The lowest BCUT2D eigenvalue weighted by molar-refractivity contribution is -0.137. The summed E-state index contributed by atoms with van der Waals surface area (Å²) >= 11 is 0. The minimum Gasteiger partial charge on any atom is -0.348 e. The molecular weight excluding hydrogens is 310 g/mol. The molecule has 2 rings (SSSR count). The van der Waals surface area contributed by atoms with E-state index in [9.17, 15) is 23.2 Å². The molecule has 23 heavy (non-hydrogen) atoms. The van der Waals surface area contributed by atoms with Crippen molar-refractivity contribution in [1.29, 1.82) is 0 Å². The van der Waals surface area contributed by atoms with E-state index in [1.54, 1.807) is 0 Å². The highest BCUT2D eigenvalue weighted by molar-refractivity contribution is 6.09. The molecule has 0 aromatic rings. The van der Waals surface area contributed by atoms with Gasteiger partial charge in [-0.2, -0.15) is 0 Å². The van der Waals surface area contributed by atoms with Crippen molar-refractivity contribution in [1.82, 2.24) is 15.5 Å². The Morgan fingerprint density at radius 2 is 2.17 bits per heavy atom. The molecule has 1 aliphatic carbocycles. The van der Waals surface area contributed by atoms with Crippen molar-refractivity contribution in [2.75, 3.05) is 19.6 Å². The number of alkyl halides is 2. The number of nitrogens with zero attached hydrogens (tertiary/aromatic N) is 1. The molecule has 4 N–H and O–H groups in total. The molecule has 2 unspecified atom stereocenters. The maximum atomic E-state index is 13.0. The van der Waals surface area contributed by atoms with Gasteiger partial charge in [0, 0.05) is 0 Å². The van der Waals surface area contributed by atoms with Gasteiger partial charge in [0.05, 0.1) is 13.1 Å². The Morgan fingerprint density at radius 1 is 1.48 bits per heavy atom. The second-order valence-corrected chi connectivity index (χ2v) is 6.28. The van der Waals surface area contributed by atoms with Gasteiger partial charge < -0.3 is 16.4 Å². The monoisotopic (exact) mass is 332 g/mol. The van der Waals surface area contributed by atoms with Crippen LogP contribution in [0.4, 0.5) is 13.6 Å². The molecule has 4 amide bonds. The van der Waals surface area contributed by atoms with Crippen LogP contribution < -0.4 is 16.4 Å². The van der Waals surface area contributed by atoms with Crippen LogP contribution in [-0.4, -0.2) is 53.8 Å². The van der Waals surface area contributed by atoms with Crippen molar-refractivity contribution in [3.63, 3.8) is 0 Å². The summed E-state index contributed by atoms with van der Waals surface area (Å²) in [5, 5.41) is 4.70. The SMILES string of the molecule is CC1CCCCC12NC(=O)N(CC(=O)NCC(F)(F)CN)C2=O. The van der Waals surface area contributed by atoms with Crippen molar-refractivity contribution in [2.45, 2.75) is 44.1 Å². The molecule has 2 atom stereocenters. The van der Waals surface area contributed by atoms with E-state index in [0.29, 0.717) is 6.42 Å². The van der Waals surface area contributed by atoms with Gasteiger partial charge >= 0.3 is 6.03 Å². The average Bonchev–Trinajstić information content (AvgIpc) is 2.74. The van der Waals surface area contributed by atoms with Crippen molar-refractivity contribution >= 4 is 17.8 Å². The molecule has 0 radical (unpaired) electrons. The van der Waals surface area contributed by atoms with Crippen LogP contribution in [0.1, 0.15) is 32.6 Å². The quantitative estimate of drug-likeness (QED) is 0.625. The number of nitrogens with two attached hydrogens (primary N) is 1. The maximum absolute atomic E-state index is 13.0. The molecule has 0 aromatic carbocycles. The molecule has 1 spiro atoms. The summed E-state index contributed by atoms with van der Waals surface area (Å²) < 4.78 is 26.0. The molecular formula is C14H22F2N4O3. The molecule has 0 aromatic heterocycles. The first-order valence-corrected chi connectivity index (χ1v) is 7.70. The third-order valence-corrected chi connectivity index (χ3v) is 4.65. The lowest BCUT2D eigenvalue weighted by Gasteiger charge is -2.36. The standard InChI is InChI=1S/C14H22F2N4O3/c1-9-4-2-3-5-14(9)11(22)20(12(23)19-14)6-10(21)18-8-13(15,16)7-17/h9H,2-8,17H2,1H3,(H,18,21)(H,19,23). The Kier molecular flexibility index (Phi) is 4.88. The summed E-state index contributed by atoms with van der Waals surface area (Å²) in [6.07, 6.45) is 3.15. The number of hydrogen-bond acceptors (Lipinski definition) is 4. The first kappa shape index (κ1) is 17.6. The number of amides is 4. The van der Waals surface area contributed by atoms with Gasteiger partial charge in [0.1, 0.15) is 12.1 Å². The largest absolute Gasteiger partial charge is 0.348 e. The number of urea groups is 1. The van der Waals surface area contributed by atoms with Gasteiger partial charge in [-0.1, -0.05) is 19.8 Å². The van der Waals surface area contributed by atoms with E-state index in [1.165, 1.54) is 0 Å². The lowest BCUT2D eigenvalue weighted by Crippen LogP contribution is -2.54. The van der Waals surface area contributed by atoms with Crippen LogP contribution >= 0.6 is 0 Å². The average molecular weight is 332 g/mol. The predicted octanol–water partition coefficient (Wildman–Crippen LogP) is 0.197. The van der Waals surface area contributed by atoms with Crippen LogP contribution in [-0.2, 0) is 9.59 Å². The fourth-order valence-electron chi connectivity index (χ4n) is 3.14. The van der Waals surface area contributed by atoms with E-state index in [-0.39, 0.29) is 5.92 Å². The highest BCUT2D eigenvalue weighted by Crippen LogP contribution is 2.38. The van der Waals surface area contributed by atoms with Crippen molar-refractivity contribution in [3.05, 3.63) is 0 Å². The first-order chi connectivity index (χ1) is 10.7. The molecule has 1 aliphatic heterocycles. The van der Waals surface area contributed by atoms with E-state index < -0.39 is 48.9 Å². The molecule has 2 aliphatic rings. The van der Waals surface area contributed by atoms with E-state index in [0.717, 1.165) is 24.2 Å². The Balaban J connectivity index is 1.99. The third kappa shape index (κ3) is 3.44. The van der Waals surface area contributed by atoms with Gasteiger partial charge in [-0.3, -0.25) is 14.5 Å². The van der Waals surface area contributed by atoms with E-state index >= 15 is 0 Å². The maximum Gasteiger partial charge on any atom is 0.325 e. The molecule has 9 heteroatoms. The van der Waals surface area contributed by atoms with Gasteiger partial charge in [0.15, 0.2) is 0 Å². The number of carbonyl (C=O) groups is 3. The Bertz CT molecular complexity index is 514. The number of carbonyl (C=O) groups excluding carboxylic acids is 3. The molecule has 1 heterocycles. The lowest BCUT2D eigenvalue weighted by atomic mass is 9.73. The van der Waals surface area contributed by atoms with Crippen molar-refractivity contribution in [2.24, 2.45) is 11.7 Å². The summed E-state index contributed by atoms with van der Waals surface area (Å²) in [4.78, 5) is 37.2. The second-order valence-electron chi connectivity index (χ2n) is 6.28. The summed E-state index contributed by atoms with van der Waals surface area (Å²) in [7, 11) is 0. The zero-order chi connectivity index (χ0) is 17.3. The summed E-state index contributed by atoms with van der Waals surface area (Å²) in [5.41, 5.74) is 3.92. The Morgan fingerprint density at radius 3 is 2.78 bits per heavy atom. The molecule has 1 saturated heterocycles. The van der Waals surface area contributed by atoms with Gasteiger partial charge in [-0.25, -0.2) is 13.6 Å². The topological polar surface area (TPSA) is 105 Å². The summed E-state index contributed by atoms with van der Waals surface area (Å²) in [6.45, 7) is -0.493. The predicted molar refractivity (Wildman–Crippen MR) is 77.6 cm³/mol. The second kappa shape index (κ2) is 6.38. The van der Waals surface area contributed by atoms with Gasteiger partial charge in [-0.15, -0.1) is 0 Å². The molecule has 7 nitrogen and oxygen atoms in total. The fraction of sp³-hybridized carbons (Fsp3) is 0.786. The molecule has 1 saturated carbocycles. The highest BCUT2D eigenvalue weighted by Gasteiger charge is 2.55. The van der Waals surface area contributed by atoms with Gasteiger partial charge in [-0.05, 0) is 18.8 Å². The minimum atomic E-state index is -3.22. The smallest absolute Gasteiger partial charge is 0.325 e. The van der Waals surface area contributed by atoms with Crippen molar-refractivity contribution < 1.29 is 23.2 Å². The number of hydrogen-bond donors (Lipinski definition) is 3. The van der Waals surface area contributed by atoms with E-state index in [2.05, 4.69) is 5.32 Å². The summed E-state index contributed by atoms with van der Waals surface area (Å²) in [6, 6.07) is -0.649. The van der Waals surface area contributed by atoms with Crippen LogP contribution in [0.5, 0.6) is 0 Å². The van der Waals surface area contributed by atoms with Gasteiger partial charge in [0.2, 0.25) is 5.91 Å². The number of rotatable bonds is 5. The minimum absolute atomic E-state index is 0.0256. The van der Waals surface area contributed by atoms with Crippen molar-refractivity contribution in [3.8, 4) is 0 Å². The van der Waals surface area contributed by atoms with Crippen LogP contribution in [0.25, 0.3) is 0 Å². The van der Waals surface area contributed by atoms with Crippen LogP contribution in [0.2, 0.25) is 0 Å².